The van der Waals surface area contributed by atoms with Crippen LogP contribution in [0.1, 0.15) is 0 Å². The molecule has 6 heteroatoms. The van der Waals surface area contributed by atoms with Crippen molar-refractivity contribution in [2.24, 2.45) is 0 Å². The number of fused-ring (bicyclic) bond motifs is 1. The number of hydrogen-bond acceptors (Lipinski definition) is 4. The lowest BCUT2D eigenvalue weighted by molar-refractivity contribution is 1.18. The zero-order valence-electron chi connectivity index (χ0n) is 11.8. The molecule has 0 saturated heterocycles. The molecule has 0 unspecified atom stereocenters. The molecule has 0 radical (unpaired) electrons. The van der Waals surface area contributed by atoms with Crippen molar-refractivity contribution in [1.29, 1.82) is 0 Å². The first-order valence-electron chi connectivity index (χ1n) is 6.91. The van der Waals surface area contributed by atoms with E-state index in [0.29, 0.717) is 21.1 Å². The summed E-state index contributed by atoms with van der Waals surface area (Å²) in [7, 11) is 0. The molecule has 3 heterocycles. The third kappa shape index (κ3) is 2.54. The predicted molar refractivity (Wildman–Crippen MR) is 93.9 cm³/mol. The molecular weight excluding hydrogens is 330 g/mol. The van der Waals surface area contributed by atoms with E-state index in [-0.39, 0.29) is 5.56 Å². The highest BCUT2D eigenvalue weighted by Gasteiger charge is 2.12. The lowest BCUT2D eigenvalue weighted by Gasteiger charge is -1.99. The fourth-order valence-electron chi connectivity index (χ4n) is 2.38. The highest BCUT2D eigenvalue weighted by molar-refractivity contribution is 7.22. The van der Waals surface area contributed by atoms with Crippen molar-refractivity contribution in [3.63, 3.8) is 0 Å². The van der Waals surface area contributed by atoms with Gasteiger partial charge in [0.05, 0.1) is 5.52 Å². The number of nitrogens with zero attached hydrogens (tertiary/aromatic N) is 2. The summed E-state index contributed by atoms with van der Waals surface area (Å²) in [6.45, 7) is 0. The Morgan fingerprint density at radius 2 is 1.87 bits per heavy atom. The Kier molecular flexibility index (Phi) is 3.44. The van der Waals surface area contributed by atoms with Crippen LogP contribution in [0.3, 0.4) is 0 Å². The van der Waals surface area contributed by atoms with Crippen LogP contribution in [0.15, 0.2) is 59.7 Å². The van der Waals surface area contributed by atoms with Crippen molar-refractivity contribution in [1.82, 2.24) is 15.0 Å². The van der Waals surface area contributed by atoms with Crippen LogP contribution >= 0.6 is 22.9 Å². The number of aromatic amines is 1. The molecule has 0 bridgehead atoms. The van der Waals surface area contributed by atoms with Gasteiger partial charge >= 0.3 is 0 Å². The number of nitrogens with one attached hydrogen (secondary N) is 1. The lowest BCUT2D eigenvalue weighted by Crippen LogP contribution is -2.07. The Morgan fingerprint density at radius 3 is 2.65 bits per heavy atom. The van der Waals surface area contributed by atoms with Crippen molar-refractivity contribution in [2.45, 2.75) is 0 Å². The Morgan fingerprint density at radius 1 is 1.09 bits per heavy atom. The van der Waals surface area contributed by atoms with Gasteiger partial charge in [-0.15, -0.1) is 11.3 Å². The SMILES string of the molecule is O=c1[nH]c(-c2ccncc2)nc2cc(-c3ccccc3Cl)sc12. The maximum absolute atomic E-state index is 12.4. The number of benzene rings is 1. The summed E-state index contributed by atoms with van der Waals surface area (Å²) < 4.78 is 0.595. The molecule has 0 saturated carbocycles. The van der Waals surface area contributed by atoms with Crippen molar-refractivity contribution in [3.8, 4) is 21.8 Å². The summed E-state index contributed by atoms with van der Waals surface area (Å²) in [6, 6.07) is 13.1. The van der Waals surface area contributed by atoms with E-state index in [0.717, 1.165) is 16.0 Å². The van der Waals surface area contributed by atoms with Crippen molar-refractivity contribution >= 4 is 33.2 Å². The van der Waals surface area contributed by atoms with Crippen LogP contribution < -0.4 is 5.56 Å². The summed E-state index contributed by atoms with van der Waals surface area (Å²) in [4.78, 5) is 24.7. The molecule has 0 spiro atoms. The monoisotopic (exact) mass is 339 g/mol. The van der Waals surface area contributed by atoms with Gasteiger partial charge in [-0.1, -0.05) is 29.8 Å². The molecule has 0 aliphatic carbocycles. The van der Waals surface area contributed by atoms with Gasteiger partial charge in [-0.05, 0) is 24.3 Å². The Hall–Kier alpha value is -2.50. The van der Waals surface area contributed by atoms with Crippen LogP contribution in [0.25, 0.3) is 32.0 Å². The minimum atomic E-state index is -0.148. The normalized spacial score (nSPS) is 11.0. The van der Waals surface area contributed by atoms with Gasteiger partial charge in [-0.3, -0.25) is 9.78 Å². The number of H-pyrrole nitrogens is 1. The largest absolute Gasteiger partial charge is 0.305 e. The second-order valence-corrected chi connectivity index (χ2v) is 6.41. The molecule has 1 N–H and O–H groups in total. The van der Waals surface area contributed by atoms with E-state index in [2.05, 4.69) is 15.0 Å². The van der Waals surface area contributed by atoms with Crippen LogP contribution in [0.4, 0.5) is 0 Å². The fraction of sp³-hybridized carbons (Fsp3) is 0. The quantitative estimate of drug-likeness (QED) is 0.590. The van der Waals surface area contributed by atoms with Crippen LogP contribution in [0, 0.1) is 0 Å². The zero-order valence-corrected chi connectivity index (χ0v) is 13.4. The molecule has 4 nitrogen and oxygen atoms in total. The van der Waals surface area contributed by atoms with Gasteiger partial charge in [0.2, 0.25) is 0 Å². The van der Waals surface area contributed by atoms with E-state index >= 15 is 0 Å². The summed E-state index contributed by atoms with van der Waals surface area (Å²) in [5, 5.41) is 0.657. The molecule has 23 heavy (non-hydrogen) atoms. The molecule has 0 atom stereocenters. The van der Waals surface area contributed by atoms with Crippen molar-refractivity contribution in [2.75, 3.05) is 0 Å². The Balaban J connectivity index is 1.92. The predicted octanol–water partition coefficient (Wildman–Crippen LogP) is 4.37. The van der Waals surface area contributed by atoms with Crippen LogP contribution in [0.5, 0.6) is 0 Å². The third-order valence-electron chi connectivity index (χ3n) is 3.48. The molecular formula is C17H10ClN3OS. The van der Waals surface area contributed by atoms with E-state index < -0.39 is 0 Å². The van der Waals surface area contributed by atoms with Gasteiger partial charge in [0.15, 0.2) is 0 Å². The average Bonchev–Trinajstić information content (AvgIpc) is 3.00. The second-order valence-electron chi connectivity index (χ2n) is 4.96. The smallest absolute Gasteiger partial charge is 0.269 e. The van der Waals surface area contributed by atoms with Crippen LogP contribution in [-0.2, 0) is 0 Å². The Bertz CT molecular complexity index is 1060. The number of thiophene rings is 1. The highest BCUT2D eigenvalue weighted by Crippen LogP contribution is 2.35. The lowest BCUT2D eigenvalue weighted by atomic mass is 10.2. The maximum atomic E-state index is 12.4. The molecule has 3 aromatic heterocycles. The van der Waals surface area contributed by atoms with Gasteiger partial charge in [-0.2, -0.15) is 0 Å². The molecule has 112 valence electrons. The molecule has 4 aromatic rings. The number of hydrogen-bond donors (Lipinski definition) is 1. The van der Waals surface area contributed by atoms with Crippen molar-refractivity contribution in [3.05, 3.63) is 70.2 Å². The highest BCUT2D eigenvalue weighted by atomic mass is 35.5. The fourth-order valence-corrected chi connectivity index (χ4v) is 3.70. The molecule has 1 aromatic carbocycles. The van der Waals surface area contributed by atoms with E-state index in [4.69, 9.17) is 11.6 Å². The van der Waals surface area contributed by atoms with Gasteiger partial charge in [0.1, 0.15) is 10.5 Å². The van der Waals surface area contributed by atoms with Crippen molar-refractivity contribution < 1.29 is 0 Å². The van der Waals surface area contributed by atoms with Gasteiger partial charge in [0.25, 0.3) is 5.56 Å². The maximum Gasteiger partial charge on any atom is 0.269 e. The van der Waals surface area contributed by atoms with E-state index in [1.165, 1.54) is 11.3 Å². The minimum Gasteiger partial charge on any atom is -0.305 e. The topological polar surface area (TPSA) is 58.6 Å². The number of aromatic nitrogens is 3. The first-order chi connectivity index (χ1) is 11.2. The number of pyridine rings is 1. The second kappa shape index (κ2) is 5.61. The summed E-state index contributed by atoms with van der Waals surface area (Å²) in [5.41, 5.74) is 2.25. The molecule has 0 aliphatic heterocycles. The van der Waals surface area contributed by atoms with Crippen LogP contribution in [0.2, 0.25) is 5.02 Å². The standard InChI is InChI=1S/C17H10ClN3OS/c18-12-4-2-1-3-11(12)14-9-13-15(23-14)17(22)21-16(20-13)10-5-7-19-8-6-10/h1-9H,(H,20,21,22). The third-order valence-corrected chi connectivity index (χ3v) is 4.96. The van der Waals surface area contributed by atoms with E-state index in [1.54, 1.807) is 12.4 Å². The van der Waals surface area contributed by atoms with E-state index in [9.17, 15) is 4.79 Å². The first kappa shape index (κ1) is 14.1. The van der Waals surface area contributed by atoms with E-state index in [1.807, 2.05) is 42.5 Å². The molecule has 0 aliphatic rings. The molecule has 4 rings (SSSR count). The summed E-state index contributed by atoms with van der Waals surface area (Å²) in [5.74, 6) is 0.536. The first-order valence-corrected chi connectivity index (χ1v) is 8.11. The molecule has 0 amide bonds. The Labute approximate surface area is 140 Å². The van der Waals surface area contributed by atoms with Gasteiger partial charge in [-0.25, -0.2) is 4.98 Å². The number of halogens is 1. The summed E-state index contributed by atoms with van der Waals surface area (Å²) >= 11 is 7.64. The number of rotatable bonds is 2. The van der Waals surface area contributed by atoms with Gasteiger partial charge < -0.3 is 4.98 Å². The zero-order chi connectivity index (χ0) is 15.8. The average molecular weight is 340 g/mol. The summed E-state index contributed by atoms with van der Waals surface area (Å²) in [6.07, 6.45) is 3.34. The van der Waals surface area contributed by atoms with Gasteiger partial charge in [0, 0.05) is 33.4 Å². The minimum absolute atomic E-state index is 0.148. The van der Waals surface area contributed by atoms with Crippen LogP contribution in [-0.4, -0.2) is 15.0 Å². The molecule has 0 fully saturated rings.